The van der Waals surface area contributed by atoms with Crippen LogP contribution in [0.5, 0.6) is 0 Å². The van der Waals surface area contributed by atoms with Crippen molar-refractivity contribution in [3.05, 3.63) is 24.2 Å². The summed E-state index contributed by atoms with van der Waals surface area (Å²) in [6.07, 6.45) is 4.45. The minimum Gasteiger partial charge on any atom is -0.466 e. The highest BCUT2D eigenvalue weighted by molar-refractivity contribution is 7.99. The van der Waals surface area contributed by atoms with Gasteiger partial charge in [0.1, 0.15) is 22.7 Å². The van der Waals surface area contributed by atoms with Crippen molar-refractivity contribution in [2.24, 2.45) is 0 Å². The van der Waals surface area contributed by atoms with Crippen molar-refractivity contribution in [2.45, 2.75) is 69.0 Å². The first-order chi connectivity index (χ1) is 13.9. The van der Waals surface area contributed by atoms with Crippen LogP contribution < -0.4 is 5.32 Å². The molecule has 0 unspecified atom stereocenters. The molecule has 9 heteroatoms. The molecule has 0 radical (unpaired) electrons. The Morgan fingerprint density at radius 1 is 1.38 bits per heavy atom. The zero-order chi connectivity index (χ0) is 21.0. The first-order valence-corrected chi connectivity index (χ1v) is 10.8. The van der Waals surface area contributed by atoms with Gasteiger partial charge in [0.2, 0.25) is 5.91 Å². The maximum Gasteiger partial charge on any atom is 0.330 e. The van der Waals surface area contributed by atoms with E-state index in [0.717, 1.165) is 19.3 Å². The SMILES string of the molecule is CC(=O)N1[C@@H](C(=O)O[C@@H](C)C(=O)NC2(C#N)CCCCC2)CS[C@@H]1c1ccco1. The highest BCUT2D eigenvalue weighted by Gasteiger charge is 2.44. The molecule has 2 heterocycles. The summed E-state index contributed by atoms with van der Waals surface area (Å²) in [5.41, 5.74) is -0.894. The number of nitrogens with one attached hydrogen (secondary N) is 1. The summed E-state index contributed by atoms with van der Waals surface area (Å²) in [5.74, 6) is -0.482. The fourth-order valence-corrected chi connectivity index (χ4v) is 5.20. The van der Waals surface area contributed by atoms with E-state index in [0.29, 0.717) is 24.4 Å². The lowest BCUT2D eigenvalue weighted by atomic mass is 9.83. The molecule has 2 aliphatic rings. The fraction of sp³-hybridized carbons (Fsp3) is 0.600. The molecule has 3 atom stereocenters. The lowest BCUT2D eigenvalue weighted by molar-refractivity contribution is -0.162. The molecule has 8 nitrogen and oxygen atoms in total. The molecular formula is C20H25N3O5S. The average Bonchev–Trinajstić information content (AvgIpc) is 3.38. The number of thioether (sulfide) groups is 1. The molecule has 156 valence electrons. The Hall–Kier alpha value is -2.47. The van der Waals surface area contributed by atoms with E-state index in [1.54, 1.807) is 12.1 Å². The van der Waals surface area contributed by atoms with Gasteiger partial charge in [-0.3, -0.25) is 9.59 Å². The summed E-state index contributed by atoms with van der Waals surface area (Å²) < 4.78 is 10.8. The summed E-state index contributed by atoms with van der Waals surface area (Å²) in [5, 5.41) is 11.9. The molecule has 0 bridgehead atoms. The van der Waals surface area contributed by atoms with Gasteiger partial charge in [0.15, 0.2) is 6.10 Å². The number of carbonyl (C=O) groups excluding carboxylic acids is 3. The minimum absolute atomic E-state index is 0.277. The number of nitriles is 1. The van der Waals surface area contributed by atoms with Crippen LogP contribution in [0.15, 0.2) is 22.8 Å². The highest BCUT2D eigenvalue weighted by atomic mass is 32.2. The Balaban J connectivity index is 1.63. The summed E-state index contributed by atoms with van der Waals surface area (Å²) >= 11 is 1.41. The molecule has 1 N–H and O–H groups in total. The molecule has 1 saturated carbocycles. The van der Waals surface area contributed by atoms with Gasteiger partial charge in [-0.1, -0.05) is 19.3 Å². The number of furan rings is 1. The number of rotatable bonds is 5. The van der Waals surface area contributed by atoms with Crippen molar-refractivity contribution in [1.82, 2.24) is 10.2 Å². The number of ether oxygens (including phenoxy) is 1. The third-order valence-corrected chi connectivity index (χ3v) is 6.65. The molecule has 29 heavy (non-hydrogen) atoms. The molecular weight excluding hydrogens is 394 g/mol. The molecule has 1 aromatic rings. The van der Waals surface area contributed by atoms with Gasteiger partial charge in [-0.05, 0) is 31.9 Å². The Labute approximate surface area is 173 Å². The topological polar surface area (TPSA) is 113 Å². The second-order valence-corrected chi connectivity index (χ2v) is 8.58. The van der Waals surface area contributed by atoms with Crippen molar-refractivity contribution >= 4 is 29.5 Å². The van der Waals surface area contributed by atoms with Crippen LogP contribution in [-0.4, -0.2) is 46.1 Å². The maximum absolute atomic E-state index is 12.7. The number of hydrogen-bond acceptors (Lipinski definition) is 7. The number of carbonyl (C=O) groups is 3. The molecule has 2 fully saturated rings. The van der Waals surface area contributed by atoms with Crippen molar-refractivity contribution in [3.8, 4) is 6.07 Å². The van der Waals surface area contributed by atoms with E-state index in [9.17, 15) is 19.6 Å². The second-order valence-electron chi connectivity index (χ2n) is 7.47. The van der Waals surface area contributed by atoms with Crippen LogP contribution >= 0.6 is 11.8 Å². The predicted molar refractivity (Wildman–Crippen MR) is 105 cm³/mol. The number of esters is 1. The largest absolute Gasteiger partial charge is 0.466 e. The number of nitrogens with zero attached hydrogens (tertiary/aromatic N) is 2. The summed E-state index contributed by atoms with van der Waals surface area (Å²) in [6.45, 7) is 2.86. The van der Waals surface area contributed by atoms with Gasteiger partial charge < -0.3 is 19.4 Å². The van der Waals surface area contributed by atoms with E-state index >= 15 is 0 Å². The van der Waals surface area contributed by atoms with Gasteiger partial charge in [0.25, 0.3) is 5.91 Å². The summed E-state index contributed by atoms with van der Waals surface area (Å²) in [7, 11) is 0. The average molecular weight is 420 g/mol. The van der Waals surface area contributed by atoms with E-state index in [-0.39, 0.29) is 5.91 Å². The van der Waals surface area contributed by atoms with Crippen molar-refractivity contribution in [1.29, 1.82) is 5.26 Å². The molecule has 1 aromatic heterocycles. The Morgan fingerprint density at radius 2 is 2.10 bits per heavy atom. The van der Waals surface area contributed by atoms with Crippen LogP contribution in [0.1, 0.15) is 57.1 Å². The Kier molecular flexibility index (Phi) is 6.52. The number of amides is 2. The van der Waals surface area contributed by atoms with Crippen LogP contribution in [0.4, 0.5) is 0 Å². The van der Waals surface area contributed by atoms with Gasteiger partial charge >= 0.3 is 5.97 Å². The summed E-state index contributed by atoms with van der Waals surface area (Å²) in [4.78, 5) is 38.9. The molecule has 1 aliphatic carbocycles. The first kappa shape index (κ1) is 21.2. The zero-order valence-electron chi connectivity index (χ0n) is 16.6. The van der Waals surface area contributed by atoms with Crippen molar-refractivity contribution < 1.29 is 23.5 Å². The monoisotopic (exact) mass is 419 g/mol. The van der Waals surface area contributed by atoms with Crippen molar-refractivity contribution in [3.63, 3.8) is 0 Å². The molecule has 1 saturated heterocycles. The molecule has 0 spiro atoms. The second kappa shape index (κ2) is 8.91. The van der Waals surface area contributed by atoms with Crippen LogP contribution in [0.3, 0.4) is 0 Å². The predicted octanol–water partition coefficient (Wildman–Crippen LogP) is 2.52. The molecule has 3 rings (SSSR count). The van der Waals surface area contributed by atoms with E-state index < -0.39 is 34.9 Å². The third-order valence-electron chi connectivity index (χ3n) is 5.37. The van der Waals surface area contributed by atoms with Crippen LogP contribution in [-0.2, 0) is 19.1 Å². The fourth-order valence-electron chi connectivity index (χ4n) is 3.79. The van der Waals surface area contributed by atoms with Gasteiger partial charge in [-0.2, -0.15) is 5.26 Å². The van der Waals surface area contributed by atoms with E-state index in [1.807, 2.05) is 0 Å². The van der Waals surface area contributed by atoms with Crippen LogP contribution in [0.2, 0.25) is 0 Å². The van der Waals surface area contributed by atoms with E-state index in [2.05, 4.69) is 11.4 Å². The Bertz CT molecular complexity index is 798. The van der Waals surface area contributed by atoms with Crippen LogP contribution in [0, 0.1) is 11.3 Å². The standard InChI is InChI=1S/C20H25N3O5S/c1-13(17(25)22-20(12-21)8-4-3-5-9-20)28-19(26)15-11-29-18(23(15)14(2)24)16-7-6-10-27-16/h6-7,10,13,15,18H,3-5,8-9,11H2,1-2H3,(H,22,25)/t13-,15+,18+/m0/s1. The van der Waals surface area contributed by atoms with E-state index in [1.165, 1.54) is 36.8 Å². The zero-order valence-corrected chi connectivity index (χ0v) is 17.4. The lowest BCUT2D eigenvalue weighted by Crippen LogP contribution is -2.53. The molecule has 0 aromatic carbocycles. The van der Waals surface area contributed by atoms with Gasteiger partial charge in [-0.15, -0.1) is 11.8 Å². The normalized spacial score (nSPS) is 24.4. The van der Waals surface area contributed by atoms with Gasteiger partial charge in [-0.25, -0.2) is 4.79 Å². The molecule has 2 amide bonds. The van der Waals surface area contributed by atoms with Gasteiger partial charge in [0, 0.05) is 12.7 Å². The molecule has 1 aliphatic heterocycles. The third kappa shape index (κ3) is 4.58. The lowest BCUT2D eigenvalue weighted by Gasteiger charge is -2.32. The first-order valence-electron chi connectivity index (χ1n) is 9.74. The quantitative estimate of drug-likeness (QED) is 0.730. The van der Waals surface area contributed by atoms with E-state index in [4.69, 9.17) is 9.15 Å². The highest BCUT2D eigenvalue weighted by Crippen LogP contribution is 2.42. The van der Waals surface area contributed by atoms with Crippen LogP contribution in [0.25, 0.3) is 0 Å². The maximum atomic E-state index is 12.7. The minimum atomic E-state index is -1.06. The smallest absolute Gasteiger partial charge is 0.330 e. The summed E-state index contributed by atoms with van der Waals surface area (Å²) in [6, 6.07) is 4.89. The Morgan fingerprint density at radius 3 is 2.69 bits per heavy atom. The van der Waals surface area contributed by atoms with Gasteiger partial charge in [0.05, 0.1) is 12.3 Å². The van der Waals surface area contributed by atoms with Crippen molar-refractivity contribution in [2.75, 3.05) is 5.75 Å². The number of hydrogen-bond donors (Lipinski definition) is 1.